The number of hydrogen-bond acceptors (Lipinski definition) is 7. The Morgan fingerprint density at radius 2 is 1.70 bits per heavy atom. The van der Waals surface area contributed by atoms with Gasteiger partial charge in [0.1, 0.15) is 5.75 Å². The standard InChI is InChI=1S/C52H61N5O5Si/c1-35(2)14-13-15-36(3)28-31-56-47-26-21-40(57-46-19-12-11-18-39(46)20-27-49(57)59)32-44(47)52(51(56)60)37(4)50(63(6,7)42-24-22-41(61-5)23-25-42)48(62-52)29-30-55-33-45(53-54-55)43(34-58)38-16-9-8-10-17-38/h8-12,14,16-19,21-26,28,32-33,37,43,48,50,58H,13,15,20,27,29-31,34H2,1-7H3/b36-28+/t37-,43?,48+,50-,52+/m1/s1. The van der Waals surface area contributed by atoms with Gasteiger partial charge in [0.05, 0.1) is 50.9 Å². The lowest BCUT2D eigenvalue weighted by atomic mass is 9.82. The van der Waals surface area contributed by atoms with Gasteiger partial charge in [-0.15, -0.1) is 5.10 Å². The number of carbonyl (C=O) groups excluding carboxylic acids is 2. The number of nitrogens with zero attached hydrogens (tertiary/aromatic N) is 5. The van der Waals surface area contributed by atoms with Crippen molar-refractivity contribution in [1.29, 1.82) is 0 Å². The molecule has 3 aliphatic heterocycles. The largest absolute Gasteiger partial charge is 0.497 e. The van der Waals surface area contributed by atoms with Gasteiger partial charge < -0.3 is 19.5 Å². The molecule has 1 spiro atoms. The van der Waals surface area contributed by atoms with Gasteiger partial charge in [-0.2, -0.15) is 0 Å². The lowest BCUT2D eigenvalue weighted by Crippen LogP contribution is -2.52. The second-order valence-corrected chi connectivity index (χ2v) is 23.0. The van der Waals surface area contributed by atoms with Gasteiger partial charge in [-0.3, -0.25) is 19.2 Å². The molecule has 63 heavy (non-hydrogen) atoms. The van der Waals surface area contributed by atoms with E-state index < -0.39 is 13.7 Å². The summed E-state index contributed by atoms with van der Waals surface area (Å²) in [6.07, 6.45) is 9.59. The highest BCUT2D eigenvalue weighted by molar-refractivity contribution is 6.91. The van der Waals surface area contributed by atoms with Crippen LogP contribution in [0.2, 0.25) is 18.6 Å². The lowest BCUT2D eigenvalue weighted by molar-refractivity contribution is -0.145. The first kappa shape index (κ1) is 44.0. The zero-order chi connectivity index (χ0) is 44.5. The van der Waals surface area contributed by atoms with E-state index in [0.29, 0.717) is 38.0 Å². The van der Waals surface area contributed by atoms with Crippen LogP contribution in [-0.2, 0) is 32.9 Å². The monoisotopic (exact) mass is 863 g/mol. The van der Waals surface area contributed by atoms with Crippen molar-refractivity contribution in [2.45, 2.75) is 103 Å². The smallest absolute Gasteiger partial charge is 0.264 e. The minimum atomic E-state index is -2.45. The molecular formula is C52H61N5O5Si. The number of para-hydroxylation sites is 1. The van der Waals surface area contributed by atoms with Crippen molar-refractivity contribution >= 4 is 42.1 Å². The highest BCUT2D eigenvalue weighted by Crippen LogP contribution is 2.60. The maximum atomic E-state index is 15.7. The van der Waals surface area contributed by atoms with E-state index in [1.165, 1.54) is 16.3 Å². The fraction of sp³-hybridized carbons (Fsp3) is 0.385. The first-order valence-corrected chi connectivity index (χ1v) is 25.5. The van der Waals surface area contributed by atoms with Crippen molar-refractivity contribution in [3.8, 4) is 5.75 Å². The third-order valence-corrected chi connectivity index (χ3v) is 18.2. The molecule has 0 aliphatic carbocycles. The highest BCUT2D eigenvalue weighted by atomic mass is 28.3. The minimum absolute atomic E-state index is 0.00231. The Morgan fingerprint density at radius 1 is 0.952 bits per heavy atom. The van der Waals surface area contributed by atoms with E-state index in [-0.39, 0.29) is 41.9 Å². The van der Waals surface area contributed by atoms with Gasteiger partial charge in [-0.1, -0.05) is 114 Å². The fourth-order valence-electron chi connectivity index (χ4n) is 10.4. The molecule has 11 heteroatoms. The third kappa shape index (κ3) is 8.34. The van der Waals surface area contributed by atoms with Crippen LogP contribution in [-0.4, -0.2) is 66.4 Å². The Labute approximate surface area is 373 Å². The van der Waals surface area contributed by atoms with E-state index in [9.17, 15) is 9.90 Å². The predicted molar refractivity (Wildman–Crippen MR) is 253 cm³/mol. The van der Waals surface area contributed by atoms with Gasteiger partial charge in [-0.05, 0) is 99.5 Å². The van der Waals surface area contributed by atoms with Gasteiger partial charge in [-0.25, -0.2) is 0 Å². The number of hydrogen-bond donors (Lipinski definition) is 1. The molecule has 1 fully saturated rings. The molecule has 4 heterocycles. The molecular weight excluding hydrogens is 803 g/mol. The molecule has 1 unspecified atom stereocenters. The normalized spacial score (nSPS) is 21.5. The summed E-state index contributed by atoms with van der Waals surface area (Å²) in [6, 6.07) is 32.5. The number of anilines is 3. The number of ether oxygens (including phenoxy) is 2. The number of aryl methyl sites for hydroxylation is 2. The van der Waals surface area contributed by atoms with Crippen LogP contribution < -0.4 is 19.7 Å². The summed E-state index contributed by atoms with van der Waals surface area (Å²) in [4.78, 5) is 33.2. The molecule has 10 nitrogen and oxygen atoms in total. The van der Waals surface area contributed by atoms with E-state index in [1.807, 2.05) is 93.5 Å². The third-order valence-electron chi connectivity index (χ3n) is 13.8. The summed E-state index contributed by atoms with van der Waals surface area (Å²) in [5, 5.41) is 20.7. The van der Waals surface area contributed by atoms with Gasteiger partial charge >= 0.3 is 0 Å². The van der Waals surface area contributed by atoms with Crippen LogP contribution in [0.3, 0.4) is 0 Å². The van der Waals surface area contributed by atoms with Crippen LogP contribution in [0.25, 0.3) is 0 Å². The lowest BCUT2D eigenvalue weighted by Gasteiger charge is -2.37. The number of aliphatic hydroxyl groups is 1. The second kappa shape index (κ2) is 18.2. The molecule has 5 aromatic rings. The highest BCUT2D eigenvalue weighted by Gasteiger charge is 2.66. The summed E-state index contributed by atoms with van der Waals surface area (Å²) in [7, 11) is -0.770. The number of rotatable bonds is 15. The van der Waals surface area contributed by atoms with E-state index in [2.05, 4.69) is 87.5 Å². The van der Waals surface area contributed by atoms with Crippen molar-refractivity contribution in [3.05, 3.63) is 149 Å². The molecule has 0 radical (unpaired) electrons. The Hall–Kier alpha value is -5.62. The van der Waals surface area contributed by atoms with Gasteiger partial charge in [0.2, 0.25) is 5.91 Å². The number of amides is 2. The minimum Gasteiger partial charge on any atom is -0.497 e. The van der Waals surface area contributed by atoms with Crippen LogP contribution in [0.5, 0.6) is 5.75 Å². The number of benzene rings is 4. The maximum absolute atomic E-state index is 15.7. The molecule has 1 N–H and O–H groups in total. The Kier molecular flexibility index (Phi) is 12.7. The van der Waals surface area contributed by atoms with Crippen molar-refractivity contribution in [2.75, 3.05) is 30.1 Å². The molecule has 0 bridgehead atoms. The topological polar surface area (TPSA) is 110 Å². The summed E-state index contributed by atoms with van der Waals surface area (Å²) in [5.41, 5.74) is 7.27. The quantitative estimate of drug-likeness (QED) is 0.0826. The molecule has 328 valence electrons. The van der Waals surface area contributed by atoms with Gasteiger partial charge in [0, 0.05) is 42.9 Å². The molecule has 1 saturated heterocycles. The Balaban J connectivity index is 1.21. The maximum Gasteiger partial charge on any atom is 0.264 e. The SMILES string of the molecule is COc1ccc([Si](C)(C)[C@H]2[C@H](CCn3cc(C(CO)c4ccccc4)nn3)O[C@@]3(C(=O)N(C/C=C(\C)CCC=C(C)C)c4ccc(N5C(=O)CCc6ccccc65)cc43)[C@@H]2C)cc1. The number of allylic oxidation sites excluding steroid dienone is 3. The Morgan fingerprint density at radius 3 is 2.43 bits per heavy atom. The summed E-state index contributed by atoms with van der Waals surface area (Å²) in [6.45, 7) is 14.2. The van der Waals surface area contributed by atoms with Crippen molar-refractivity contribution in [2.24, 2.45) is 5.92 Å². The number of fused-ring (bicyclic) bond motifs is 3. The van der Waals surface area contributed by atoms with Crippen LogP contribution in [0, 0.1) is 5.92 Å². The molecule has 1 aromatic heterocycles. The van der Waals surface area contributed by atoms with Gasteiger partial charge in [0.25, 0.3) is 5.91 Å². The van der Waals surface area contributed by atoms with Crippen LogP contribution in [0.4, 0.5) is 17.1 Å². The predicted octanol–water partition coefficient (Wildman–Crippen LogP) is 9.37. The number of aliphatic hydroxyl groups excluding tert-OH is 1. The van der Waals surface area contributed by atoms with Crippen LogP contribution in [0.1, 0.15) is 81.7 Å². The van der Waals surface area contributed by atoms with E-state index in [4.69, 9.17) is 9.47 Å². The van der Waals surface area contributed by atoms with Crippen LogP contribution >= 0.6 is 0 Å². The zero-order valence-corrected chi connectivity index (χ0v) is 38.8. The second-order valence-electron chi connectivity index (χ2n) is 18.3. The number of aromatic nitrogens is 3. The van der Waals surface area contributed by atoms with Crippen LogP contribution in [0.15, 0.2) is 127 Å². The first-order chi connectivity index (χ1) is 30.4. The molecule has 3 aliphatic rings. The van der Waals surface area contributed by atoms with E-state index >= 15 is 4.79 Å². The molecule has 2 amide bonds. The summed E-state index contributed by atoms with van der Waals surface area (Å²) >= 11 is 0. The zero-order valence-electron chi connectivity index (χ0n) is 37.8. The van der Waals surface area contributed by atoms with Gasteiger partial charge in [0.15, 0.2) is 5.60 Å². The summed E-state index contributed by atoms with van der Waals surface area (Å²) in [5.74, 6) is 0.243. The molecule has 4 aromatic carbocycles. The molecule has 8 rings (SSSR count). The number of methoxy groups -OCH3 is 1. The molecule has 0 saturated carbocycles. The van der Waals surface area contributed by atoms with Crippen molar-refractivity contribution in [3.63, 3.8) is 0 Å². The fourth-order valence-corrected chi connectivity index (χ4v) is 14.5. The number of carbonyl (C=O) groups is 2. The van der Waals surface area contributed by atoms with Crippen molar-refractivity contribution < 1.29 is 24.2 Å². The Bertz CT molecular complexity index is 2510. The van der Waals surface area contributed by atoms with Crippen molar-refractivity contribution in [1.82, 2.24) is 15.0 Å². The average Bonchev–Trinajstić information content (AvgIpc) is 3.94. The average molecular weight is 864 g/mol. The van der Waals surface area contributed by atoms with E-state index in [1.54, 1.807) is 7.11 Å². The first-order valence-electron chi connectivity index (χ1n) is 22.4. The molecule has 5 atom stereocenters. The summed E-state index contributed by atoms with van der Waals surface area (Å²) < 4.78 is 15.0. The van der Waals surface area contributed by atoms with E-state index in [0.717, 1.165) is 52.3 Å².